The summed E-state index contributed by atoms with van der Waals surface area (Å²) in [6.07, 6.45) is 1.75. The fourth-order valence-electron chi connectivity index (χ4n) is 2.98. The van der Waals surface area contributed by atoms with E-state index in [0.717, 1.165) is 50.0 Å². The molecular formula is C20H33N5O. The average molecular weight is 360 g/mol. The van der Waals surface area contributed by atoms with Gasteiger partial charge in [-0.25, -0.2) is 0 Å². The number of guanidine groups is 1. The highest BCUT2D eigenvalue weighted by Gasteiger charge is 2.19. The Labute approximate surface area is 157 Å². The molecule has 144 valence electrons. The Morgan fingerprint density at radius 3 is 2.69 bits per heavy atom. The minimum atomic E-state index is 0.477. The average Bonchev–Trinajstić information content (AvgIpc) is 2.67. The molecule has 1 atom stereocenters. The van der Waals surface area contributed by atoms with Gasteiger partial charge in [0.15, 0.2) is 5.96 Å². The van der Waals surface area contributed by atoms with E-state index >= 15 is 0 Å². The van der Waals surface area contributed by atoms with Crippen molar-refractivity contribution in [2.75, 3.05) is 53.4 Å². The van der Waals surface area contributed by atoms with Crippen molar-refractivity contribution in [1.82, 2.24) is 20.4 Å². The monoisotopic (exact) mass is 359 g/mol. The maximum absolute atomic E-state index is 5.71. The molecule has 0 saturated carbocycles. The summed E-state index contributed by atoms with van der Waals surface area (Å²) in [6, 6.07) is 8.51. The molecule has 2 rings (SSSR count). The molecule has 1 heterocycles. The van der Waals surface area contributed by atoms with Gasteiger partial charge in [-0.1, -0.05) is 30.9 Å². The van der Waals surface area contributed by atoms with E-state index < -0.39 is 0 Å². The van der Waals surface area contributed by atoms with Crippen LogP contribution in [0.2, 0.25) is 0 Å². The van der Waals surface area contributed by atoms with Crippen molar-refractivity contribution in [3.63, 3.8) is 0 Å². The highest BCUT2D eigenvalue weighted by atomic mass is 16.5. The molecule has 0 radical (unpaired) electrons. The fourth-order valence-corrected chi connectivity index (χ4v) is 2.98. The van der Waals surface area contributed by atoms with E-state index in [0.29, 0.717) is 19.2 Å². The first-order valence-corrected chi connectivity index (χ1v) is 9.32. The predicted octanol–water partition coefficient (Wildman–Crippen LogP) is 1.55. The molecule has 1 aliphatic heterocycles. The quantitative estimate of drug-likeness (QED) is 0.419. The highest BCUT2D eigenvalue weighted by molar-refractivity contribution is 5.79. The van der Waals surface area contributed by atoms with Gasteiger partial charge in [0.2, 0.25) is 0 Å². The molecule has 6 heteroatoms. The number of likely N-dealkylation sites (N-methyl/N-ethyl adjacent to an activating group) is 1. The zero-order valence-electron chi connectivity index (χ0n) is 16.4. The van der Waals surface area contributed by atoms with Crippen LogP contribution in [0.15, 0.2) is 41.9 Å². The zero-order chi connectivity index (χ0) is 18.8. The number of hydrogen-bond donors (Lipinski definition) is 2. The van der Waals surface area contributed by atoms with Crippen LogP contribution in [0.25, 0.3) is 0 Å². The Hall–Kier alpha value is -2.05. The third-order valence-electron chi connectivity index (χ3n) is 4.73. The number of para-hydroxylation sites is 1. The summed E-state index contributed by atoms with van der Waals surface area (Å²) in [5, 5.41) is 6.81. The van der Waals surface area contributed by atoms with Gasteiger partial charge in [0.25, 0.3) is 0 Å². The largest absolute Gasteiger partial charge is 0.489 e. The summed E-state index contributed by atoms with van der Waals surface area (Å²) < 4.78 is 5.71. The smallest absolute Gasteiger partial charge is 0.191 e. The van der Waals surface area contributed by atoms with Crippen LogP contribution in [0, 0.1) is 0 Å². The first-order valence-electron chi connectivity index (χ1n) is 9.32. The Kier molecular flexibility index (Phi) is 8.44. The number of ether oxygens (including phenoxy) is 1. The highest BCUT2D eigenvalue weighted by Crippen LogP contribution is 2.17. The van der Waals surface area contributed by atoms with Crippen LogP contribution in [-0.4, -0.2) is 75.2 Å². The van der Waals surface area contributed by atoms with Crippen molar-refractivity contribution in [1.29, 1.82) is 0 Å². The number of aliphatic imine (C=N–C) groups is 1. The van der Waals surface area contributed by atoms with Gasteiger partial charge >= 0.3 is 0 Å². The maximum atomic E-state index is 5.71. The minimum Gasteiger partial charge on any atom is -0.489 e. The lowest BCUT2D eigenvalue weighted by molar-refractivity contribution is 0.120. The molecule has 0 spiro atoms. The Bertz CT molecular complexity index is 581. The number of hydrogen-bond acceptors (Lipinski definition) is 4. The standard InChI is InChI=1S/C20H33N5O/c1-5-14-26-19-9-7-6-8-18(19)16-23-20(21-3)22-15-17(2)25-12-10-24(4)11-13-25/h5-9,17H,1,10-16H2,2-4H3,(H2,21,22,23). The fraction of sp³-hybridized carbons (Fsp3) is 0.550. The molecule has 0 aliphatic carbocycles. The van der Waals surface area contributed by atoms with Crippen molar-refractivity contribution in [2.45, 2.75) is 19.5 Å². The second kappa shape index (κ2) is 10.8. The first-order chi connectivity index (χ1) is 12.6. The van der Waals surface area contributed by atoms with E-state index in [1.165, 1.54) is 0 Å². The zero-order valence-corrected chi connectivity index (χ0v) is 16.4. The summed E-state index contributed by atoms with van der Waals surface area (Å²) >= 11 is 0. The van der Waals surface area contributed by atoms with Gasteiger partial charge in [-0.15, -0.1) is 0 Å². The van der Waals surface area contributed by atoms with E-state index in [-0.39, 0.29) is 0 Å². The molecule has 1 unspecified atom stereocenters. The van der Waals surface area contributed by atoms with Crippen LogP contribution in [0.1, 0.15) is 12.5 Å². The second-order valence-electron chi connectivity index (χ2n) is 6.70. The Balaban J connectivity index is 1.80. The molecule has 1 saturated heterocycles. The summed E-state index contributed by atoms with van der Waals surface area (Å²) in [5.74, 6) is 1.69. The lowest BCUT2D eigenvalue weighted by Crippen LogP contribution is -2.52. The Morgan fingerprint density at radius 2 is 2.00 bits per heavy atom. The van der Waals surface area contributed by atoms with Gasteiger partial charge in [0.1, 0.15) is 12.4 Å². The van der Waals surface area contributed by atoms with Crippen LogP contribution in [-0.2, 0) is 6.54 Å². The molecule has 0 bridgehead atoms. The van der Waals surface area contributed by atoms with Crippen molar-refractivity contribution in [2.24, 2.45) is 4.99 Å². The predicted molar refractivity (Wildman–Crippen MR) is 109 cm³/mol. The molecule has 0 amide bonds. The molecule has 1 fully saturated rings. The van der Waals surface area contributed by atoms with Gasteiger partial charge in [0, 0.05) is 57.9 Å². The summed E-state index contributed by atoms with van der Waals surface area (Å²) in [7, 11) is 3.98. The maximum Gasteiger partial charge on any atom is 0.191 e. The van der Waals surface area contributed by atoms with E-state index in [1.807, 2.05) is 18.2 Å². The van der Waals surface area contributed by atoms with Gasteiger partial charge in [-0.05, 0) is 20.0 Å². The molecular weight excluding hydrogens is 326 g/mol. The van der Waals surface area contributed by atoms with Gasteiger partial charge in [-0.2, -0.15) is 0 Å². The van der Waals surface area contributed by atoms with E-state index in [4.69, 9.17) is 4.74 Å². The number of rotatable bonds is 8. The van der Waals surface area contributed by atoms with Crippen LogP contribution in [0.3, 0.4) is 0 Å². The van der Waals surface area contributed by atoms with E-state index in [1.54, 1.807) is 13.1 Å². The van der Waals surface area contributed by atoms with Gasteiger partial charge < -0.3 is 20.3 Å². The van der Waals surface area contributed by atoms with E-state index in [2.05, 4.69) is 52.0 Å². The second-order valence-corrected chi connectivity index (χ2v) is 6.70. The molecule has 1 aliphatic rings. The summed E-state index contributed by atoms with van der Waals surface area (Å²) in [6.45, 7) is 12.5. The third-order valence-corrected chi connectivity index (χ3v) is 4.73. The molecule has 0 aromatic heterocycles. The van der Waals surface area contributed by atoms with Crippen molar-refractivity contribution in [3.05, 3.63) is 42.5 Å². The third kappa shape index (κ3) is 6.35. The van der Waals surface area contributed by atoms with Crippen LogP contribution >= 0.6 is 0 Å². The number of benzene rings is 1. The summed E-state index contributed by atoms with van der Waals surface area (Å²) in [4.78, 5) is 9.24. The molecule has 6 nitrogen and oxygen atoms in total. The van der Waals surface area contributed by atoms with Crippen molar-refractivity contribution < 1.29 is 4.74 Å². The normalized spacial score (nSPS) is 17.6. The van der Waals surface area contributed by atoms with Crippen LogP contribution < -0.4 is 15.4 Å². The molecule has 26 heavy (non-hydrogen) atoms. The Morgan fingerprint density at radius 1 is 1.27 bits per heavy atom. The van der Waals surface area contributed by atoms with Crippen molar-refractivity contribution >= 4 is 5.96 Å². The van der Waals surface area contributed by atoms with Gasteiger partial charge in [-0.3, -0.25) is 9.89 Å². The minimum absolute atomic E-state index is 0.477. The lowest BCUT2D eigenvalue weighted by atomic mass is 10.2. The topological polar surface area (TPSA) is 52.1 Å². The van der Waals surface area contributed by atoms with Crippen molar-refractivity contribution in [3.8, 4) is 5.75 Å². The molecule has 1 aromatic rings. The molecule has 1 aromatic carbocycles. The summed E-state index contributed by atoms with van der Waals surface area (Å²) in [5.41, 5.74) is 1.10. The van der Waals surface area contributed by atoms with Crippen LogP contribution in [0.4, 0.5) is 0 Å². The molecule has 2 N–H and O–H groups in total. The number of nitrogens with one attached hydrogen (secondary N) is 2. The number of piperazine rings is 1. The van der Waals surface area contributed by atoms with Crippen LogP contribution in [0.5, 0.6) is 5.75 Å². The van der Waals surface area contributed by atoms with Gasteiger partial charge in [0.05, 0.1) is 0 Å². The number of nitrogens with zero attached hydrogens (tertiary/aromatic N) is 3. The lowest BCUT2D eigenvalue weighted by Gasteiger charge is -2.36. The van der Waals surface area contributed by atoms with E-state index in [9.17, 15) is 0 Å². The first kappa shape index (κ1) is 20.3. The SMILES string of the molecule is C=CCOc1ccccc1CNC(=NC)NCC(C)N1CCN(C)CC1.